The zero-order valence-electron chi connectivity index (χ0n) is 17.1. The van der Waals surface area contributed by atoms with E-state index in [2.05, 4.69) is 15.0 Å². The molecule has 2 heterocycles. The van der Waals surface area contributed by atoms with Crippen LogP contribution < -0.4 is 0 Å². The lowest BCUT2D eigenvalue weighted by atomic mass is 9.99. The van der Waals surface area contributed by atoms with Gasteiger partial charge in [0.05, 0.1) is 11.1 Å². The molecule has 170 valence electrons. The third kappa shape index (κ3) is 3.63. The summed E-state index contributed by atoms with van der Waals surface area (Å²) in [6.45, 7) is 1.92. The molecule has 0 N–H and O–H groups in total. The second kappa shape index (κ2) is 7.18. The molecule has 2 fully saturated rings. The minimum atomic E-state index is -4.99. The van der Waals surface area contributed by atoms with E-state index < -0.39 is 29.0 Å². The molecule has 5 rings (SSSR count). The highest BCUT2D eigenvalue weighted by molar-refractivity contribution is 5.89. The number of benzene rings is 1. The van der Waals surface area contributed by atoms with E-state index in [9.17, 15) is 26.3 Å². The summed E-state index contributed by atoms with van der Waals surface area (Å²) in [7, 11) is 0. The van der Waals surface area contributed by atoms with Gasteiger partial charge in [-0.25, -0.2) is 15.0 Å². The number of aromatic nitrogens is 4. The van der Waals surface area contributed by atoms with Crippen molar-refractivity contribution in [2.24, 2.45) is 11.8 Å². The molecule has 3 aromatic rings. The Morgan fingerprint density at radius 1 is 0.969 bits per heavy atom. The van der Waals surface area contributed by atoms with Crippen molar-refractivity contribution in [3.05, 3.63) is 41.5 Å². The Bertz CT molecular complexity index is 1160. The van der Waals surface area contributed by atoms with Gasteiger partial charge in [-0.05, 0) is 49.7 Å². The highest BCUT2D eigenvalue weighted by atomic mass is 19.4. The number of aryl methyl sites for hydroxylation is 1. The average molecular weight is 454 g/mol. The van der Waals surface area contributed by atoms with Gasteiger partial charge in [0.25, 0.3) is 0 Å². The highest BCUT2D eigenvalue weighted by Gasteiger charge is 2.44. The second-order valence-corrected chi connectivity index (χ2v) is 8.57. The normalized spacial score (nSPS) is 17.5. The second-order valence-electron chi connectivity index (χ2n) is 8.57. The molecule has 0 radical (unpaired) electrons. The summed E-state index contributed by atoms with van der Waals surface area (Å²) in [4.78, 5) is 13.0. The minimum Gasteiger partial charge on any atom is -0.309 e. The molecule has 0 amide bonds. The maximum Gasteiger partial charge on any atom is 0.417 e. The lowest BCUT2D eigenvalue weighted by Crippen LogP contribution is -2.16. The zero-order chi connectivity index (χ0) is 22.8. The van der Waals surface area contributed by atoms with Gasteiger partial charge in [0.15, 0.2) is 5.65 Å². The average Bonchev–Trinajstić information content (AvgIpc) is 3.64. The smallest absolute Gasteiger partial charge is 0.309 e. The van der Waals surface area contributed by atoms with Crippen molar-refractivity contribution >= 4 is 11.2 Å². The number of rotatable bonds is 5. The maximum absolute atomic E-state index is 13.8. The minimum absolute atomic E-state index is 0.102. The van der Waals surface area contributed by atoms with Gasteiger partial charge in [-0.3, -0.25) is 0 Å². The van der Waals surface area contributed by atoms with Crippen LogP contribution in [-0.2, 0) is 18.8 Å². The van der Waals surface area contributed by atoms with Crippen LogP contribution in [0, 0.1) is 11.8 Å². The SMILES string of the molecule is CCc1nc2c(-c3ccc(C(F)(F)F)cc3C(F)(F)F)ncnc2n1C(C1CC1)C1CC1. The van der Waals surface area contributed by atoms with E-state index in [0.29, 0.717) is 35.8 Å². The number of nitrogens with zero attached hydrogens (tertiary/aromatic N) is 4. The van der Waals surface area contributed by atoms with Gasteiger partial charge in [0.2, 0.25) is 0 Å². The fourth-order valence-corrected chi connectivity index (χ4v) is 4.56. The molecular weight excluding hydrogens is 434 g/mol. The monoisotopic (exact) mass is 454 g/mol. The molecule has 1 aromatic carbocycles. The van der Waals surface area contributed by atoms with Crippen molar-refractivity contribution in [2.45, 2.75) is 57.4 Å². The van der Waals surface area contributed by atoms with Gasteiger partial charge in [-0.1, -0.05) is 13.0 Å². The largest absolute Gasteiger partial charge is 0.417 e. The predicted molar refractivity (Wildman–Crippen MR) is 105 cm³/mol. The Morgan fingerprint density at radius 3 is 2.16 bits per heavy atom. The molecule has 0 saturated heterocycles. The third-order valence-electron chi connectivity index (χ3n) is 6.28. The van der Waals surface area contributed by atoms with Crippen LogP contribution >= 0.6 is 0 Å². The summed E-state index contributed by atoms with van der Waals surface area (Å²) < 4.78 is 82.6. The highest BCUT2D eigenvalue weighted by Crippen LogP contribution is 2.53. The molecule has 4 nitrogen and oxygen atoms in total. The van der Waals surface area contributed by atoms with Crippen molar-refractivity contribution in [3.63, 3.8) is 0 Å². The number of hydrogen-bond donors (Lipinski definition) is 0. The van der Waals surface area contributed by atoms with Crippen molar-refractivity contribution < 1.29 is 26.3 Å². The van der Waals surface area contributed by atoms with E-state index in [1.165, 1.54) is 6.33 Å². The molecule has 0 atom stereocenters. The summed E-state index contributed by atoms with van der Waals surface area (Å²) in [5.74, 6) is 1.71. The molecule has 10 heteroatoms. The fraction of sp³-hybridized carbons (Fsp3) is 0.500. The summed E-state index contributed by atoms with van der Waals surface area (Å²) in [5.41, 5.74) is -2.64. The van der Waals surface area contributed by atoms with Crippen molar-refractivity contribution in [1.29, 1.82) is 0 Å². The van der Waals surface area contributed by atoms with Gasteiger partial charge in [-0.15, -0.1) is 0 Å². The van der Waals surface area contributed by atoms with Gasteiger partial charge in [-0.2, -0.15) is 26.3 Å². The summed E-state index contributed by atoms with van der Waals surface area (Å²) in [5, 5.41) is 0. The number of alkyl halides is 6. The lowest BCUT2D eigenvalue weighted by molar-refractivity contribution is -0.142. The number of imidazole rings is 1. The van der Waals surface area contributed by atoms with E-state index in [-0.39, 0.29) is 23.3 Å². The lowest BCUT2D eigenvalue weighted by Gasteiger charge is -2.20. The molecule has 32 heavy (non-hydrogen) atoms. The molecule has 2 aliphatic carbocycles. The molecule has 2 saturated carbocycles. The molecule has 0 unspecified atom stereocenters. The number of fused-ring (bicyclic) bond motifs is 1. The van der Waals surface area contributed by atoms with E-state index in [1.807, 2.05) is 11.5 Å². The van der Waals surface area contributed by atoms with Crippen molar-refractivity contribution in [3.8, 4) is 11.3 Å². The van der Waals surface area contributed by atoms with Crippen LogP contribution in [0.2, 0.25) is 0 Å². The van der Waals surface area contributed by atoms with Gasteiger partial charge in [0.1, 0.15) is 23.4 Å². The molecule has 0 bridgehead atoms. The Kier molecular flexibility index (Phi) is 4.76. The first kappa shape index (κ1) is 21.2. The maximum atomic E-state index is 13.8. The van der Waals surface area contributed by atoms with Crippen molar-refractivity contribution in [1.82, 2.24) is 19.5 Å². The van der Waals surface area contributed by atoms with Crippen LogP contribution in [-0.4, -0.2) is 19.5 Å². The molecule has 2 aromatic heterocycles. The van der Waals surface area contributed by atoms with Crippen LogP contribution in [0.5, 0.6) is 0 Å². The first-order valence-electron chi connectivity index (χ1n) is 10.6. The summed E-state index contributed by atoms with van der Waals surface area (Å²) in [6.07, 6.45) is -3.77. The number of halogens is 6. The fourth-order valence-electron chi connectivity index (χ4n) is 4.56. The molecule has 0 spiro atoms. The molecule has 2 aliphatic rings. The van der Waals surface area contributed by atoms with Gasteiger partial charge >= 0.3 is 12.4 Å². The Labute approximate surface area is 179 Å². The van der Waals surface area contributed by atoms with Crippen LogP contribution in [0.15, 0.2) is 24.5 Å². The Morgan fingerprint density at radius 2 is 1.62 bits per heavy atom. The Hall–Kier alpha value is -2.65. The molecular formula is C22H20F6N4. The van der Waals surface area contributed by atoms with E-state index in [1.54, 1.807) is 0 Å². The van der Waals surface area contributed by atoms with E-state index in [0.717, 1.165) is 31.7 Å². The Balaban J connectivity index is 1.72. The van der Waals surface area contributed by atoms with Gasteiger partial charge < -0.3 is 4.57 Å². The van der Waals surface area contributed by atoms with Crippen LogP contribution in [0.4, 0.5) is 26.3 Å². The van der Waals surface area contributed by atoms with Crippen LogP contribution in [0.3, 0.4) is 0 Å². The quantitative estimate of drug-likeness (QED) is 0.416. The van der Waals surface area contributed by atoms with E-state index >= 15 is 0 Å². The standard InChI is InChI=1S/C22H20F6N4/c1-2-16-31-18-17(14-8-7-13(21(23,24)25)9-15(14)22(26,27)28)29-10-30-20(18)32(16)19(11-3-4-11)12-5-6-12/h7-12,19H,2-6H2,1H3. The van der Waals surface area contributed by atoms with E-state index in [4.69, 9.17) is 0 Å². The zero-order valence-corrected chi connectivity index (χ0v) is 17.1. The van der Waals surface area contributed by atoms with Crippen molar-refractivity contribution in [2.75, 3.05) is 0 Å². The third-order valence-corrected chi connectivity index (χ3v) is 6.28. The first-order chi connectivity index (χ1) is 15.1. The summed E-state index contributed by atoms with van der Waals surface area (Å²) in [6, 6.07) is 1.82. The van der Waals surface area contributed by atoms with Gasteiger partial charge in [0, 0.05) is 18.0 Å². The summed E-state index contributed by atoms with van der Waals surface area (Å²) >= 11 is 0. The van der Waals surface area contributed by atoms with Crippen LogP contribution in [0.1, 0.15) is 55.6 Å². The molecule has 0 aliphatic heterocycles. The first-order valence-corrected chi connectivity index (χ1v) is 10.6. The van der Waals surface area contributed by atoms with Crippen LogP contribution in [0.25, 0.3) is 22.4 Å². The number of hydrogen-bond acceptors (Lipinski definition) is 3. The topological polar surface area (TPSA) is 43.6 Å². The predicted octanol–water partition coefficient (Wildman–Crippen LogP) is 6.45.